The Hall–Kier alpha value is -3.13. The molecule has 2 amide bonds. The number of thiazole rings is 1. The molecule has 0 bridgehead atoms. The number of pyridine rings is 2. The zero-order chi connectivity index (χ0) is 16.2. The van der Waals surface area contributed by atoms with E-state index < -0.39 is 11.8 Å². The largest absolute Gasteiger partial charge is 0.364 e. The van der Waals surface area contributed by atoms with Crippen molar-refractivity contribution >= 4 is 28.8 Å². The highest BCUT2D eigenvalue weighted by Crippen LogP contribution is 2.23. The third-order valence-electron chi connectivity index (χ3n) is 2.95. The van der Waals surface area contributed by atoms with E-state index >= 15 is 0 Å². The maximum atomic E-state index is 12.3. The molecule has 114 valence electrons. The monoisotopic (exact) mass is 325 g/mol. The molecule has 0 atom stereocenters. The molecule has 3 N–H and O–H groups in total. The van der Waals surface area contributed by atoms with Crippen molar-refractivity contribution in [2.24, 2.45) is 5.73 Å². The summed E-state index contributed by atoms with van der Waals surface area (Å²) < 4.78 is 0. The van der Waals surface area contributed by atoms with Crippen molar-refractivity contribution in [3.63, 3.8) is 0 Å². The second kappa shape index (κ2) is 6.32. The first-order chi connectivity index (χ1) is 11.1. The van der Waals surface area contributed by atoms with Crippen LogP contribution in [0.5, 0.6) is 0 Å². The summed E-state index contributed by atoms with van der Waals surface area (Å²) in [5.41, 5.74) is 6.62. The summed E-state index contributed by atoms with van der Waals surface area (Å²) in [6.07, 6.45) is 4.75. The number of aromatic nitrogens is 3. The molecule has 3 rings (SSSR count). The second-order valence-corrected chi connectivity index (χ2v) is 5.35. The number of nitrogens with zero attached hydrogens (tertiary/aromatic N) is 3. The average molecular weight is 325 g/mol. The van der Waals surface area contributed by atoms with E-state index in [1.54, 1.807) is 29.9 Å². The Labute approximate surface area is 135 Å². The van der Waals surface area contributed by atoms with Gasteiger partial charge in [-0.2, -0.15) is 0 Å². The van der Waals surface area contributed by atoms with E-state index in [9.17, 15) is 9.59 Å². The van der Waals surface area contributed by atoms with Crippen LogP contribution in [0.3, 0.4) is 0 Å². The van der Waals surface area contributed by atoms with Gasteiger partial charge in [-0.25, -0.2) is 9.97 Å². The fraction of sp³-hybridized carbons (Fsp3) is 0. The molecule has 23 heavy (non-hydrogen) atoms. The molecular weight excluding hydrogens is 314 g/mol. The van der Waals surface area contributed by atoms with Crippen LogP contribution in [0.15, 0.2) is 48.2 Å². The fourth-order valence-corrected chi connectivity index (χ4v) is 2.70. The van der Waals surface area contributed by atoms with Gasteiger partial charge in [0, 0.05) is 29.5 Å². The van der Waals surface area contributed by atoms with Crippen LogP contribution in [-0.4, -0.2) is 26.8 Å². The predicted molar refractivity (Wildman–Crippen MR) is 86.1 cm³/mol. The molecule has 3 aromatic rings. The molecule has 0 aliphatic carbocycles. The zero-order valence-electron chi connectivity index (χ0n) is 11.8. The number of hydrogen-bond acceptors (Lipinski definition) is 6. The lowest BCUT2D eigenvalue weighted by molar-refractivity contribution is 0.0996. The molecule has 0 unspecified atom stereocenters. The van der Waals surface area contributed by atoms with Gasteiger partial charge >= 0.3 is 0 Å². The number of anilines is 1. The van der Waals surface area contributed by atoms with Gasteiger partial charge in [-0.3, -0.25) is 14.6 Å². The van der Waals surface area contributed by atoms with Gasteiger partial charge in [-0.05, 0) is 24.3 Å². The van der Waals surface area contributed by atoms with Crippen LogP contribution < -0.4 is 11.1 Å². The summed E-state index contributed by atoms with van der Waals surface area (Å²) >= 11 is 1.35. The van der Waals surface area contributed by atoms with Crippen LogP contribution in [-0.2, 0) is 0 Å². The first-order valence-corrected chi connectivity index (χ1v) is 7.45. The third kappa shape index (κ3) is 3.22. The molecule has 3 heterocycles. The smallest absolute Gasteiger partial charge is 0.275 e. The van der Waals surface area contributed by atoms with Crippen molar-refractivity contribution in [3.8, 4) is 10.6 Å². The van der Waals surface area contributed by atoms with Crippen LogP contribution in [0.2, 0.25) is 0 Å². The number of carbonyl (C=O) groups is 2. The molecule has 0 aliphatic rings. The van der Waals surface area contributed by atoms with Crippen LogP contribution in [0.4, 0.5) is 5.69 Å². The van der Waals surface area contributed by atoms with Crippen LogP contribution in [0.1, 0.15) is 21.0 Å². The minimum Gasteiger partial charge on any atom is -0.364 e. The minimum atomic E-state index is -0.711. The SMILES string of the molecule is NC(=O)c1ncccc1NC(=O)c1csc(-c2ccncc2)n1. The maximum Gasteiger partial charge on any atom is 0.275 e. The number of amides is 2. The van der Waals surface area contributed by atoms with Crippen molar-refractivity contribution in [1.82, 2.24) is 15.0 Å². The summed E-state index contributed by atoms with van der Waals surface area (Å²) in [7, 11) is 0. The summed E-state index contributed by atoms with van der Waals surface area (Å²) in [6.45, 7) is 0. The zero-order valence-corrected chi connectivity index (χ0v) is 12.6. The Kier molecular flexibility index (Phi) is 4.07. The van der Waals surface area contributed by atoms with Crippen molar-refractivity contribution < 1.29 is 9.59 Å². The Balaban J connectivity index is 1.83. The second-order valence-electron chi connectivity index (χ2n) is 4.49. The summed E-state index contributed by atoms with van der Waals surface area (Å²) in [4.78, 5) is 35.7. The van der Waals surface area contributed by atoms with Gasteiger partial charge in [0.15, 0.2) is 5.69 Å². The Bertz CT molecular complexity index is 863. The van der Waals surface area contributed by atoms with Gasteiger partial charge in [0.1, 0.15) is 10.7 Å². The van der Waals surface area contributed by atoms with Crippen molar-refractivity contribution in [3.05, 3.63) is 59.6 Å². The number of nitrogens with one attached hydrogen (secondary N) is 1. The molecule has 0 fully saturated rings. The number of rotatable bonds is 4. The molecule has 8 heteroatoms. The Morgan fingerprint density at radius 3 is 2.65 bits per heavy atom. The lowest BCUT2D eigenvalue weighted by Crippen LogP contribution is -2.19. The molecule has 0 aliphatic heterocycles. The molecule has 3 aromatic heterocycles. The van der Waals surface area contributed by atoms with Crippen molar-refractivity contribution in [1.29, 1.82) is 0 Å². The summed E-state index contributed by atoms with van der Waals surface area (Å²) in [5, 5.41) is 4.95. The minimum absolute atomic E-state index is 0.00503. The molecule has 0 spiro atoms. The van der Waals surface area contributed by atoms with E-state index in [0.717, 1.165) is 5.56 Å². The average Bonchev–Trinajstić information content (AvgIpc) is 3.06. The molecule has 0 radical (unpaired) electrons. The highest BCUT2D eigenvalue weighted by molar-refractivity contribution is 7.13. The Morgan fingerprint density at radius 2 is 1.91 bits per heavy atom. The topological polar surface area (TPSA) is 111 Å². The van der Waals surface area contributed by atoms with Crippen LogP contribution in [0, 0.1) is 0 Å². The molecule has 0 saturated carbocycles. The van der Waals surface area contributed by atoms with E-state index in [4.69, 9.17) is 5.73 Å². The summed E-state index contributed by atoms with van der Waals surface area (Å²) in [5.74, 6) is -1.14. The van der Waals surface area contributed by atoms with Crippen LogP contribution >= 0.6 is 11.3 Å². The van der Waals surface area contributed by atoms with Gasteiger partial charge < -0.3 is 11.1 Å². The van der Waals surface area contributed by atoms with Crippen LogP contribution in [0.25, 0.3) is 10.6 Å². The van der Waals surface area contributed by atoms with E-state index in [1.807, 2.05) is 12.1 Å². The molecule has 0 saturated heterocycles. The quantitative estimate of drug-likeness (QED) is 0.761. The van der Waals surface area contributed by atoms with Gasteiger partial charge in [0.25, 0.3) is 11.8 Å². The fourth-order valence-electron chi connectivity index (χ4n) is 1.89. The number of carbonyl (C=O) groups excluding carboxylic acids is 2. The van der Waals surface area contributed by atoms with Crippen molar-refractivity contribution in [2.75, 3.05) is 5.32 Å². The number of hydrogen-bond donors (Lipinski definition) is 2. The lowest BCUT2D eigenvalue weighted by Gasteiger charge is -2.06. The van der Waals surface area contributed by atoms with E-state index in [0.29, 0.717) is 5.01 Å². The predicted octanol–water partition coefficient (Wildman–Crippen LogP) is 1.95. The Morgan fingerprint density at radius 1 is 1.13 bits per heavy atom. The molecule has 7 nitrogen and oxygen atoms in total. The maximum absolute atomic E-state index is 12.3. The van der Waals surface area contributed by atoms with Gasteiger partial charge in [0.05, 0.1) is 5.69 Å². The third-order valence-corrected chi connectivity index (χ3v) is 3.84. The van der Waals surface area contributed by atoms with Gasteiger partial charge in [-0.15, -0.1) is 11.3 Å². The van der Waals surface area contributed by atoms with E-state index in [-0.39, 0.29) is 17.1 Å². The molecule has 0 aromatic carbocycles. The first-order valence-electron chi connectivity index (χ1n) is 6.57. The van der Waals surface area contributed by atoms with E-state index in [2.05, 4.69) is 20.3 Å². The summed E-state index contributed by atoms with van der Waals surface area (Å²) in [6, 6.07) is 6.78. The normalized spacial score (nSPS) is 10.3. The number of nitrogens with two attached hydrogens (primary N) is 1. The first kappa shape index (κ1) is 14.8. The van der Waals surface area contributed by atoms with E-state index in [1.165, 1.54) is 17.5 Å². The molecular formula is C15H11N5O2S. The van der Waals surface area contributed by atoms with Gasteiger partial charge in [-0.1, -0.05) is 0 Å². The standard InChI is InChI=1S/C15H11N5O2S/c16-13(21)12-10(2-1-5-18-12)19-14(22)11-8-23-15(20-11)9-3-6-17-7-4-9/h1-8H,(H2,16,21)(H,19,22). The highest BCUT2D eigenvalue weighted by Gasteiger charge is 2.16. The van der Waals surface area contributed by atoms with Gasteiger partial charge in [0.2, 0.25) is 0 Å². The van der Waals surface area contributed by atoms with Crippen molar-refractivity contribution in [2.45, 2.75) is 0 Å². The lowest BCUT2D eigenvalue weighted by atomic mass is 10.2. The number of primary amides is 1. The highest BCUT2D eigenvalue weighted by atomic mass is 32.1.